The summed E-state index contributed by atoms with van der Waals surface area (Å²) in [6, 6.07) is 12.3. The second kappa shape index (κ2) is 5.64. The number of pyridine rings is 1. The molecule has 4 heteroatoms. The maximum Gasteiger partial charge on any atom is 0.226 e. The van der Waals surface area contributed by atoms with Crippen molar-refractivity contribution in [2.45, 2.75) is 12.8 Å². The fraction of sp³-hybridized carbons (Fsp3) is 0.222. The van der Waals surface area contributed by atoms with Gasteiger partial charge in [-0.1, -0.05) is 0 Å². The predicted octanol–water partition coefficient (Wildman–Crippen LogP) is 4.00. The molecule has 0 amide bonds. The normalized spacial score (nSPS) is 14.5. The second-order valence-corrected chi connectivity index (χ2v) is 5.51. The van der Waals surface area contributed by atoms with Gasteiger partial charge in [0.25, 0.3) is 0 Å². The maximum atomic E-state index is 5.63. The summed E-state index contributed by atoms with van der Waals surface area (Å²) in [7, 11) is 0. The van der Waals surface area contributed by atoms with E-state index in [2.05, 4.69) is 39.1 Å². The monoisotopic (exact) mass is 291 g/mol. The number of hydrogen-bond donors (Lipinski definition) is 0. The zero-order valence-electron chi connectivity index (χ0n) is 12.3. The van der Waals surface area contributed by atoms with Gasteiger partial charge in [0, 0.05) is 42.3 Å². The zero-order valence-corrected chi connectivity index (χ0v) is 12.3. The molecule has 3 aromatic rings. The van der Waals surface area contributed by atoms with E-state index in [4.69, 9.17) is 4.42 Å². The Balaban J connectivity index is 1.58. The highest BCUT2D eigenvalue weighted by molar-refractivity contribution is 5.64. The fourth-order valence-electron chi connectivity index (χ4n) is 2.85. The molecule has 2 aromatic heterocycles. The Labute approximate surface area is 129 Å². The van der Waals surface area contributed by atoms with E-state index >= 15 is 0 Å². The van der Waals surface area contributed by atoms with E-state index in [1.807, 2.05) is 12.1 Å². The molecule has 0 saturated carbocycles. The van der Waals surface area contributed by atoms with Crippen molar-refractivity contribution >= 4 is 5.69 Å². The molecule has 0 unspecified atom stereocenters. The van der Waals surface area contributed by atoms with Crippen LogP contribution in [-0.2, 0) is 0 Å². The van der Waals surface area contributed by atoms with Gasteiger partial charge in [-0.05, 0) is 49.2 Å². The molecule has 0 spiro atoms. The van der Waals surface area contributed by atoms with Gasteiger partial charge in [0.2, 0.25) is 5.89 Å². The Morgan fingerprint density at radius 3 is 2.32 bits per heavy atom. The topological polar surface area (TPSA) is 42.2 Å². The van der Waals surface area contributed by atoms with Crippen LogP contribution in [0.4, 0.5) is 5.69 Å². The van der Waals surface area contributed by atoms with E-state index in [9.17, 15) is 0 Å². The molecule has 1 fully saturated rings. The Morgan fingerprint density at radius 2 is 1.59 bits per heavy atom. The number of nitrogens with zero attached hydrogens (tertiary/aromatic N) is 3. The summed E-state index contributed by atoms with van der Waals surface area (Å²) in [5.41, 5.74) is 4.13. The third-order valence-corrected chi connectivity index (χ3v) is 4.07. The summed E-state index contributed by atoms with van der Waals surface area (Å²) in [5.74, 6) is 0.653. The molecule has 1 saturated heterocycles. The first-order valence-electron chi connectivity index (χ1n) is 7.61. The number of benzene rings is 1. The molecule has 22 heavy (non-hydrogen) atoms. The number of anilines is 1. The van der Waals surface area contributed by atoms with E-state index < -0.39 is 0 Å². The summed E-state index contributed by atoms with van der Waals surface area (Å²) in [5, 5.41) is 0. The summed E-state index contributed by atoms with van der Waals surface area (Å²) >= 11 is 0. The van der Waals surface area contributed by atoms with Crippen molar-refractivity contribution in [2.24, 2.45) is 0 Å². The molecule has 1 aliphatic rings. The van der Waals surface area contributed by atoms with Crippen LogP contribution in [0, 0.1) is 0 Å². The Kier molecular flexibility index (Phi) is 3.35. The number of oxazole rings is 1. The van der Waals surface area contributed by atoms with Crippen LogP contribution in [0.15, 0.2) is 59.5 Å². The number of rotatable bonds is 3. The lowest BCUT2D eigenvalue weighted by Crippen LogP contribution is -2.17. The van der Waals surface area contributed by atoms with E-state index in [0.29, 0.717) is 5.89 Å². The van der Waals surface area contributed by atoms with Crippen LogP contribution in [0.3, 0.4) is 0 Å². The highest BCUT2D eigenvalue weighted by Crippen LogP contribution is 2.27. The molecule has 0 bridgehead atoms. The van der Waals surface area contributed by atoms with Crippen LogP contribution >= 0.6 is 0 Å². The average Bonchev–Trinajstić information content (AvgIpc) is 3.28. The molecule has 0 N–H and O–H groups in total. The summed E-state index contributed by atoms with van der Waals surface area (Å²) in [4.78, 5) is 11.0. The van der Waals surface area contributed by atoms with Crippen LogP contribution in [0.25, 0.3) is 22.7 Å². The van der Waals surface area contributed by atoms with E-state index in [1.54, 1.807) is 18.7 Å². The standard InChI is InChI=1S/C18H17N3O/c1-2-12-21(11-1)16-5-3-15(4-6-16)18-20-17(13-22-18)14-7-9-19-10-8-14/h3-10,13H,1-2,11-12H2. The van der Waals surface area contributed by atoms with Gasteiger partial charge in [0.1, 0.15) is 12.0 Å². The van der Waals surface area contributed by atoms with E-state index in [0.717, 1.165) is 29.9 Å². The maximum absolute atomic E-state index is 5.63. The summed E-state index contributed by atoms with van der Waals surface area (Å²) in [6.45, 7) is 2.31. The van der Waals surface area contributed by atoms with E-state index in [1.165, 1.54) is 18.5 Å². The Hall–Kier alpha value is -2.62. The lowest BCUT2D eigenvalue weighted by Gasteiger charge is -2.17. The quantitative estimate of drug-likeness (QED) is 0.731. The van der Waals surface area contributed by atoms with Gasteiger partial charge >= 0.3 is 0 Å². The highest BCUT2D eigenvalue weighted by atomic mass is 16.3. The molecule has 4 rings (SSSR count). The minimum Gasteiger partial charge on any atom is -0.444 e. The largest absolute Gasteiger partial charge is 0.444 e. The van der Waals surface area contributed by atoms with E-state index in [-0.39, 0.29) is 0 Å². The minimum absolute atomic E-state index is 0.653. The molecular formula is C18H17N3O. The van der Waals surface area contributed by atoms with Gasteiger partial charge < -0.3 is 9.32 Å². The van der Waals surface area contributed by atoms with Crippen LogP contribution in [-0.4, -0.2) is 23.1 Å². The predicted molar refractivity (Wildman–Crippen MR) is 86.6 cm³/mol. The highest BCUT2D eigenvalue weighted by Gasteiger charge is 2.13. The van der Waals surface area contributed by atoms with Crippen molar-refractivity contribution in [1.29, 1.82) is 0 Å². The first-order chi connectivity index (χ1) is 10.9. The average molecular weight is 291 g/mol. The first kappa shape index (κ1) is 13.1. The van der Waals surface area contributed by atoms with Crippen molar-refractivity contribution in [2.75, 3.05) is 18.0 Å². The van der Waals surface area contributed by atoms with Gasteiger partial charge in [0.15, 0.2) is 0 Å². The number of aromatic nitrogens is 2. The lowest BCUT2D eigenvalue weighted by molar-refractivity contribution is 0.575. The van der Waals surface area contributed by atoms with Crippen molar-refractivity contribution in [3.05, 3.63) is 55.1 Å². The fourth-order valence-corrected chi connectivity index (χ4v) is 2.85. The zero-order chi connectivity index (χ0) is 14.8. The molecule has 0 atom stereocenters. The molecule has 1 aliphatic heterocycles. The van der Waals surface area contributed by atoms with Gasteiger partial charge in [-0.3, -0.25) is 4.98 Å². The van der Waals surface area contributed by atoms with Crippen LogP contribution in [0.5, 0.6) is 0 Å². The van der Waals surface area contributed by atoms with Crippen LogP contribution in [0.2, 0.25) is 0 Å². The minimum atomic E-state index is 0.653. The Bertz CT molecular complexity index is 744. The van der Waals surface area contributed by atoms with Gasteiger partial charge in [-0.25, -0.2) is 4.98 Å². The smallest absolute Gasteiger partial charge is 0.226 e. The van der Waals surface area contributed by atoms with Gasteiger partial charge in [-0.15, -0.1) is 0 Å². The molecule has 1 aromatic carbocycles. The van der Waals surface area contributed by atoms with Gasteiger partial charge in [0.05, 0.1) is 0 Å². The number of hydrogen-bond acceptors (Lipinski definition) is 4. The van der Waals surface area contributed by atoms with Crippen LogP contribution < -0.4 is 4.90 Å². The van der Waals surface area contributed by atoms with Crippen molar-refractivity contribution in [3.63, 3.8) is 0 Å². The molecule has 0 aliphatic carbocycles. The Morgan fingerprint density at radius 1 is 0.864 bits per heavy atom. The summed E-state index contributed by atoms with van der Waals surface area (Å²) in [6.07, 6.45) is 7.79. The van der Waals surface area contributed by atoms with Crippen molar-refractivity contribution in [3.8, 4) is 22.7 Å². The van der Waals surface area contributed by atoms with Crippen molar-refractivity contribution in [1.82, 2.24) is 9.97 Å². The molecular weight excluding hydrogens is 274 g/mol. The summed E-state index contributed by atoms with van der Waals surface area (Å²) < 4.78 is 5.63. The molecule has 3 heterocycles. The molecule has 110 valence electrons. The molecule has 0 radical (unpaired) electrons. The van der Waals surface area contributed by atoms with Crippen LogP contribution in [0.1, 0.15) is 12.8 Å². The SMILES string of the molecule is c1cc(-c2coc(-c3ccc(N4CCCC4)cc3)n2)ccn1. The van der Waals surface area contributed by atoms with Gasteiger partial charge in [-0.2, -0.15) is 0 Å². The first-order valence-corrected chi connectivity index (χ1v) is 7.61. The second-order valence-electron chi connectivity index (χ2n) is 5.51. The van der Waals surface area contributed by atoms with Crippen molar-refractivity contribution < 1.29 is 4.42 Å². The third kappa shape index (κ3) is 2.48. The third-order valence-electron chi connectivity index (χ3n) is 4.07. The molecule has 4 nitrogen and oxygen atoms in total. The lowest BCUT2D eigenvalue weighted by atomic mass is 10.2.